The predicted molar refractivity (Wildman–Crippen MR) is 70.7 cm³/mol. The Balaban J connectivity index is 2.48. The monoisotopic (exact) mass is 222 g/mol. The van der Waals surface area contributed by atoms with Crippen molar-refractivity contribution < 1.29 is 0 Å². The summed E-state index contributed by atoms with van der Waals surface area (Å²) < 4.78 is 2.32. The number of nitrogens with one attached hydrogen (secondary N) is 1. The molecule has 16 heavy (non-hydrogen) atoms. The summed E-state index contributed by atoms with van der Waals surface area (Å²) in [7, 11) is 2.05. The summed E-state index contributed by atoms with van der Waals surface area (Å²) >= 11 is 0. The molecule has 0 amide bonds. The maximum absolute atomic E-state index is 3.39. The van der Waals surface area contributed by atoms with E-state index in [0.717, 1.165) is 6.54 Å². The van der Waals surface area contributed by atoms with Crippen molar-refractivity contribution in [2.45, 2.75) is 58.5 Å². The van der Waals surface area contributed by atoms with Gasteiger partial charge in [0.1, 0.15) is 0 Å². The summed E-state index contributed by atoms with van der Waals surface area (Å²) in [5.74, 6) is 0. The molecule has 1 N–H and O–H groups in total. The van der Waals surface area contributed by atoms with Crippen molar-refractivity contribution in [1.82, 2.24) is 9.88 Å². The van der Waals surface area contributed by atoms with Gasteiger partial charge in [-0.05, 0) is 31.5 Å². The lowest BCUT2D eigenvalue weighted by Gasteiger charge is -2.13. The van der Waals surface area contributed by atoms with Gasteiger partial charge in [0.2, 0.25) is 0 Å². The second kappa shape index (κ2) is 7.50. The number of rotatable bonds is 8. The van der Waals surface area contributed by atoms with Gasteiger partial charge in [-0.3, -0.25) is 0 Å². The predicted octanol–water partition coefficient (Wildman–Crippen LogP) is 3.74. The van der Waals surface area contributed by atoms with Crippen molar-refractivity contribution in [3.05, 3.63) is 24.0 Å². The minimum Gasteiger partial charge on any atom is -0.354 e. The van der Waals surface area contributed by atoms with E-state index in [-0.39, 0.29) is 0 Å². The molecule has 92 valence electrons. The Kier molecular flexibility index (Phi) is 6.24. The van der Waals surface area contributed by atoms with Crippen molar-refractivity contribution in [3.63, 3.8) is 0 Å². The van der Waals surface area contributed by atoms with E-state index in [1.54, 1.807) is 0 Å². The van der Waals surface area contributed by atoms with Gasteiger partial charge in [0.25, 0.3) is 0 Å². The van der Waals surface area contributed by atoms with Crippen LogP contribution in [0.2, 0.25) is 0 Å². The van der Waals surface area contributed by atoms with Crippen molar-refractivity contribution in [1.29, 1.82) is 0 Å². The zero-order chi connectivity index (χ0) is 11.8. The third-order valence-corrected chi connectivity index (χ3v) is 3.12. The Morgan fingerprint density at radius 1 is 1.25 bits per heavy atom. The first-order valence-electron chi connectivity index (χ1n) is 6.64. The number of unbranched alkanes of at least 4 members (excludes halogenated alkanes) is 2. The maximum Gasteiger partial charge on any atom is 0.0332 e. The van der Waals surface area contributed by atoms with Crippen molar-refractivity contribution in [2.75, 3.05) is 7.05 Å². The Hall–Kier alpha value is -0.760. The first kappa shape index (κ1) is 13.3. The number of aryl methyl sites for hydroxylation is 1. The maximum atomic E-state index is 3.39. The van der Waals surface area contributed by atoms with E-state index in [1.807, 2.05) is 0 Å². The van der Waals surface area contributed by atoms with Crippen LogP contribution in [0.4, 0.5) is 0 Å². The van der Waals surface area contributed by atoms with Gasteiger partial charge in [-0.25, -0.2) is 0 Å². The highest BCUT2D eigenvalue weighted by Gasteiger charge is 2.08. The second-order valence-electron chi connectivity index (χ2n) is 4.52. The van der Waals surface area contributed by atoms with E-state index in [9.17, 15) is 0 Å². The largest absolute Gasteiger partial charge is 0.354 e. The quantitative estimate of drug-likeness (QED) is 0.663. The van der Waals surface area contributed by atoms with Gasteiger partial charge < -0.3 is 9.88 Å². The molecule has 1 heterocycles. The summed E-state index contributed by atoms with van der Waals surface area (Å²) in [6.07, 6.45) is 10.9. The van der Waals surface area contributed by atoms with E-state index in [1.165, 1.54) is 37.7 Å². The third-order valence-electron chi connectivity index (χ3n) is 3.12. The van der Waals surface area contributed by atoms with Crippen LogP contribution >= 0.6 is 0 Å². The van der Waals surface area contributed by atoms with Crippen molar-refractivity contribution >= 4 is 0 Å². The van der Waals surface area contributed by atoms with Crippen molar-refractivity contribution in [2.24, 2.45) is 0 Å². The molecule has 0 spiro atoms. The number of nitrogens with zero attached hydrogens (tertiary/aromatic N) is 1. The molecule has 1 unspecified atom stereocenters. The summed E-state index contributed by atoms with van der Waals surface area (Å²) in [6.45, 7) is 5.65. The van der Waals surface area contributed by atoms with Crippen LogP contribution in [0.3, 0.4) is 0 Å². The fraction of sp³-hybridized carbons (Fsp3) is 0.714. The van der Waals surface area contributed by atoms with Crippen LogP contribution in [-0.4, -0.2) is 11.6 Å². The topological polar surface area (TPSA) is 17.0 Å². The minimum atomic E-state index is 0.525. The van der Waals surface area contributed by atoms with E-state index < -0.39 is 0 Å². The molecule has 0 saturated carbocycles. The van der Waals surface area contributed by atoms with Gasteiger partial charge in [-0.2, -0.15) is 0 Å². The molecule has 2 heteroatoms. The summed E-state index contributed by atoms with van der Waals surface area (Å²) in [6, 6.07) is 2.78. The lowest BCUT2D eigenvalue weighted by Crippen LogP contribution is -2.15. The molecule has 1 aromatic heterocycles. The number of aromatic nitrogens is 1. The fourth-order valence-electron chi connectivity index (χ4n) is 2.12. The normalized spacial score (nSPS) is 12.9. The molecule has 0 radical (unpaired) electrons. The van der Waals surface area contributed by atoms with Crippen LogP contribution in [0.15, 0.2) is 18.5 Å². The molecule has 0 fully saturated rings. The van der Waals surface area contributed by atoms with Gasteiger partial charge in [0, 0.05) is 25.0 Å². The summed E-state index contributed by atoms with van der Waals surface area (Å²) in [4.78, 5) is 0. The molecule has 0 bridgehead atoms. The molecule has 1 aromatic rings. The molecular formula is C14H26N2. The number of hydrogen-bond donors (Lipinski definition) is 1. The van der Waals surface area contributed by atoms with E-state index in [2.05, 4.69) is 49.2 Å². The average Bonchev–Trinajstić information content (AvgIpc) is 2.75. The lowest BCUT2D eigenvalue weighted by atomic mass is 10.1. The molecule has 1 atom stereocenters. The van der Waals surface area contributed by atoms with Crippen LogP contribution in [-0.2, 0) is 6.54 Å². The smallest absolute Gasteiger partial charge is 0.0332 e. The molecule has 0 saturated heterocycles. The molecule has 0 aliphatic carbocycles. The minimum absolute atomic E-state index is 0.525. The molecule has 0 aliphatic rings. The second-order valence-corrected chi connectivity index (χ2v) is 4.52. The first-order chi connectivity index (χ1) is 7.81. The Labute approximate surface area is 100 Å². The average molecular weight is 222 g/mol. The van der Waals surface area contributed by atoms with Gasteiger partial charge in [0.15, 0.2) is 0 Å². The highest BCUT2D eigenvalue weighted by atomic mass is 14.9. The zero-order valence-electron chi connectivity index (χ0n) is 11.0. The Morgan fingerprint density at radius 2 is 2.06 bits per heavy atom. The lowest BCUT2D eigenvalue weighted by molar-refractivity contribution is 0.538. The molecule has 0 aliphatic heterocycles. The van der Waals surface area contributed by atoms with Gasteiger partial charge in [0.05, 0.1) is 0 Å². The summed E-state index contributed by atoms with van der Waals surface area (Å²) in [5.41, 5.74) is 1.43. The Morgan fingerprint density at radius 3 is 2.69 bits per heavy atom. The van der Waals surface area contributed by atoms with E-state index in [0.29, 0.717) is 6.04 Å². The van der Waals surface area contributed by atoms with Gasteiger partial charge in [-0.15, -0.1) is 0 Å². The van der Waals surface area contributed by atoms with Crippen LogP contribution in [0, 0.1) is 0 Å². The fourth-order valence-corrected chi connectivity index (χ4v) is 2.12. The van der Waals surface area contributed by atoms with E-state index >= 15 is 0 Å². The van der Waals surface area contributed by atoms with Gasteiger partial charge in [-0.1, -0.05) is 33.1 Å². The highest BCUT2D eigenvalue weighted by molar-refractivity contribution is 5.15. The van der Waals surface area contributed by atoms with Crippen LogP contribution in [0.25, 0.3) is 0 Å². The molecular weight excluding hydrogens is 196 g/mol. The van der Waals surface area contributed by atoms with Crippen LogP contribution in [0.1, 0.15) is 57.6 Å². The summed E-state index contributed by atoms with van der Waals surface area (Å²) in [5, 5.41) is 3.39. The van der Waals surface area contributed by atoms with E-state index in [4.69, 9.17) is 0 Å². The standard InChI is InChI=1S/C14H26N2/c1-4-6-7-10-16-11-9-13(12-16)14(15-3)8-5-2/h9,11-12,14-15H,4-8,10H2,1-3H3. The number of hydrogen-bond acceptors (Lipinski definition) is 1. The van der Waals surface area contributed by atoms with Crippen LogP contribution < -0.4 is 5.32 Å². The Bertz CT molecular complexity index is 278. The van der Waals surface area contributed by atoms with Crippen molar-refractivity contribution in [3.8, 4) is 0 Å². The molecule has 2 nitrogen and oxygen atoms in total. The van der Waals surface area contributed by atoms with Gasteiger partial charge >= 0.3 is 0 Å². The zero-order valence-corrected chi connectivity index (χ0v) is 11.0. The third kappa shape index (κ3) is 4.01. The molecule has 1 rings (SSSR count). The highest BCUT2D eigenvalue weighted by Crippen LogP contribution is 2.18. The SMILES string of the molecule is CCCCCn1ccc(C(CCC)NC)c1. The molecule has 0 aromatic carbocycles. The van der Waals surface area contributed by atoms with Crippen LogP contribution in [0.5, 0.6) is 0 Å². The first-order valence-corrected chi connectivity index (χ1v) is 6.64.